The molecule has 0 unspecified atom stereocenters. The lowest BCUT2D eigenvalue weighted by Gasteiger charge is -2.16. The van der Waals surface area contributed by atoms with Crippen molar-refractivity contribution < 1.29 is 9.53 Å². The van der Waals surface area contributed by atoms with Gasteiger partial charge in [-0.05, 0) is 43.1 Å². The van der Waals surface area contributed by atoms with Gasteiger partial charge in [-0.15, -0.1) is 0 Å². The SMILES string of the molecule is O=C1CCCN1CCCNCc1ccccc1OCc1ccc(Cl)c(Cl)c1. The highest BCUT2D eigenvalue weighted by atomic mass is 35.5. The molecule has 6 heteroatoms. The van der Waals surface area contributed by atoms with Gasteiger partial charge < -0.3 is 15.0 Å². The van der Waals surface area contributed by atoms with Crippen LogP contribution in [0.4, 0.5) is 0 Å². The number of hydrogen-bond donors (Lipinski definition) is 1. The number of nitrogens with one attached hydrogen (secondary N) is 1. The van der Waals surface area contributed by atoms with Crippen LogP contribution in [0.3, 0.4) is 0 Å². The summed E-state index contributed by atoms with van der Waals surface area (Å²) in [6, 6.07) is 13.5. The second kappa shape index (κ2) is 9.98. The fourth-order valence-corrected chi connectivity index (χ4v) is 3.46. The summed E-state index contributed by atoms with van der Waals surface area (Å²) < 4.78 is 5.98. The maximum atomic E-state index is 11.6. The summed E-state index contributed by atoms with van der Waals surface area (Å²) in [6.07, 6.45) is 2.66. The van der Waals surface area contributed by atoms with Gasteiger partial charge in [0, 0.05) is 31.6 Å². The lowest BCUT2D eigenvalue weighted by Crippen LogP contribution is -2.28. The number of amides is 1. The van der Waals surface area contributed by atoms with Crippen molar-refractivity contribution in [3.63, 3.8) is 0 Å². The van der Waals surface area contributed by atoms with Crippen molar-refractivity contribution in [3.05, 3.63) is 63.6 Å². The molecule has 0 bridgehead atoms. The summed E-state index contributed by atoms with van der Waals surface area (Å²) in [5.74, 6) is 1.14. The van der Waals surface area contributed by atoms with Crippen LogP contribution in [0, 0.1) is 0 Å². The Morgan fingerprint density at radius 3 is 2.74 bits per heavy atom. The predicted molar refractivity (Wildman–Crippen MR) is 109 cm³/mol. The average molecular weight is 407 g/mol. The van der Waals surface area contributed by atoms with Gasteiger partial charge in [0.05, 0.1) is 10.0 Å². The lowest BCUT2D eigenvalue weighted by atomic mass is 10.2. The van der Waals surface area contributed by atoms with Crippen LogP contribution in [0.1, 0.15) is 30.4 Å². The van der Waals surface area contributed by atoms with E-state index in [0.717, 1.165) is 55.9 Å². The van der Waals surface area contributed by atoms with Gasteiger partial charge in [-0.25, -0.2) is 0 Å². The van der Waals surface area contributed by atoms with Crippen LogP contribution in [-0.4, -0.2) is 30.4 Å². The van der Waals surface area contributed by atoms with Gasteiger partial charge in [-0.1, -0.05) is 47.5 Å². The van der Waals surface area contributed by atoms with Crippen LogP contribution in [-0.2, 0) is 17.9 Å². The number of para-hydroxylation sites is 1. The molecule has 0 saturated carbocycles. The number of benzene rings is 2. The summed E-state index contributed by atoms with van der Waals surface area (Å²) in [4.78, 5) is 13.6. The third-order valence-corrected chi connectivity index (χ3v) is 5.36. The summed E-state index contributed by atoms with van der Waals surface area (Å²) in [7, 11) is 0. The lowest BCUT2D eigenvalue weighted by molar-refractivity contribution is -0.127. The summed E-state index contributed by atoms with van der Waals surface area (Å²) in [6.45, 7) is 3.77. The van der Waals surface area contributed by atoms with Crippen LogP contribution in [0.15, 0.2) is 42.5 Å². The Hall–Kier alpha value is -1.75. The molecule has 1 amide bonds. The predicted octanol–water partition coefficient (Wildman–Crippen LogP) is 4.67. The Kier molecular flexibility index (Phi) is 7.39. The second-order valence-electron chi connectivity index (χ2n) is 6.66. The van der Waals surface area contributed by atoms with E-state index in [-0.39, 0.29) is 5.91 Å². The van der Waals surface area contributed by atoms with Crippen LogP contribution in [0.5, 0.6) is 5.75 Å². The first kappa shape index (κ1) is 20.0. The molecule has 27 heavy (non-hydrogen) atoms. The highest BCUT2D eigenvalue weighted by molar-refractivity contribution is 6.42. The van der Waals surface area contributed by atoms with Gasteiger partial charge in [0.25, 0.3) is 0 Å². The Bertz CT molecular complexity index is 783. The van der Waals surface area contributed by atoms with E-state index in [9.17, 15) is 4.79 Å². The number of carbonyl (C=O) groups is 1. The average Bonchev–Trinajstić information content (AvgIpc) is 3.08. The van der Waals surface area contributed by atoms with E-state index in [2.05, 4.69) is 11.4 Å². The molecule has 0 aromatic heterocycles. The van der Waals surface area contributed by atoms with E-state index in [1.54, 1.807) is 6.07 Å². The van der Waals surface area contributed by atoms with Crippen molar-refractivity contribution in [2.45, 2.75) is 32.4 Å². The van der Waals surface area contributed by atoms with Crippen molar-refractivity contribution >= 4 is 29.1 Å². The maximum Gasteiger partial charge on any atom is 0.222 e. The van der Waals surface area contributed by atoms with Crippen molar-refractivity contribution in [2.75, 3.05) is 19.6 Å². The van der Waals surface area contributed by atoms with Crippen molar-refractivity contribution in [3.8, 4) is 5.75 Å². The number of halogens is 2. The summed E-state index contributed by atoms with van der Waals surface area (Å²) in [5, 5.41) is 4.51. The Morgan fingerprint density at radius 2 is 1.96 bits per heavy atom. The molecule has 0 aliphatic carbocycles. The number of rotatable bonds is 9. The molecule has 0 atom stereocenters. The smallest absolute Gasteiger partial charge is 0.222 e. The fourth-order valence-electron chi connectivity index (χ4n) is 3.14. The van der Waals surface area contributed by atoms with E-state index < -0.39 is 0 Å². The standard InChI is InChI=1S/C21H24Cl2N2O2/c22-18-9-8-16(13-19(18)23)15-27-20-6-2-1-5-17(20)14-24-10-4-12-25-11-3-7-21(25)26/h1-2,5-6,8-9,13,24H,3-4,7,10-12,14-15H2. The Labute approximate surface area is 170 Å². The van der Waals surface area contributed by atoms with Gasteiger partial charge in [0.2, 0.25) is 5.91 Å². The number of hydrogen-bond acceptors (Lipinski definition) is 3. The van der Waals surface area contributed by atoms with Gasteiger partial charge in [0.15, 0.2) is 0 Å². The second-order valence-corrected chi connectivity index (χ2v) is 7.47. The molecule has 0 spiro atoms. The minimum atomic E-state index is 0.288. The Morgan fingerprint density at radius 1 is 1.11 bits per heavy atom. The topological polar surface area (TPSA) is 41.6 Å². The van der Waals surface area contributed by atoms with Crippen LogP contribution >= 0.6 is 23.2 Å². The van der Waals surface area contributed by atoms with E-state index in [0.29, 0.717) is 23.1 Å². The van der Waals surface area contributed by atoms with E-state index in [4.69, 9.17) is 27.9 Å². The highest BCUT2D eigenvalue weighted by Gasteiger charge is 2.18. The van der Waals surface area contributed by atoms with Gasteiger partial charge in [-0.2, -0.15) is 0 Å². The fraction of sp³-hybridized carbons (Fsp3) is 0.381. The molecule has 1 heterocycles. The first-order valence-corrected chi connectivity index (χ1v) is 10.0. The highest BCUT2D eigenvalue weighted by Crippen LogP contribution is 2.24. The quantitative estimate of drug-likeness (QED) is 0.614. The molecular weight excluding hydrogens is 383 g/mol. The maximum absolute atomic E-state index is 11.6. The molecule has 0 radical (unpaired) electrons. The minimum Gasteiger partial charge on any atom is -0.489 e. The molecule has 1 aliphatic heterocycles. The van der Waals surface area contributed by atoms with Crippen LogP contribution < -0.4 is 10.1 Å². The number of carbonyl (C=O) groups excluding carboxylic acids is 1. The van der Waals surface area contributed by atoms with Crippen LogP contribution in [0.2, 0.25) is 10.0 Å². The van der Waals surface area contributed by atoms with E-state index in [1.807, 2.05) is 35.2 Å². The molecule has 144 valence electrons. The zero-order chi connectivity index (χ0) is 19.1. The van der Waals surface area contributed by atoms with Gasteiger partial charge in [-0.3, -0.25) is 4.79 Å². The molecule has 1 saturated heterocycles. The van der Waals surface area contributed by atoms with Gasteiger partial charge >= 0.3 is 0 Å². The van der Waals surface area contributed by atoms with Crippen molar-refractivity contribution in [1.82, 2.24) is 10.2 Å². The third-order valence-electron chi connectivity index (χ3n) is 4.62. The van der Waals surface area contributed by atoms with Crippen molar-refractivity contribution in [1.29, 1.82) is 0 Å². The molecule has 2 aromatic carbocycles. The number of nitrogens with zero attached hydrogens (tertiary/aromatic N) is 1. The summed E-state index contributed by atoms with van der Waals surface area (Å²) >= 11 is 12.0. The van der Waals surface area contributed by atoms with E-state index >= 15 is 0 Å². The monoisotopic (exact) mass is 406 g/mol. The van der Waals surface area contributed by atoms with Crippen molar-refractivity contribution in [2.24, 2.45) is 0 Å². The molecular formula is C21H24Cl2N2O2. The summed E-state index contributed by atoms with van der Waals surface area (Å²) in [5.41, 5.74) is 2.08. The molecule has 4 nitrogen and oxygen atoms in total. The van der Waals surface area contributed by atoms with Crippen LogP contribution in [0.25, 0.3) is 0 Å². The molecule has 1 aliphatic rings. The molecule has 3 rings (SSSR count). The number of likely N-dealkylation sites (tertiary alicyclic amines) is 1. The Balaban J connectivity index is 1.45. The zero-order valence-electron chi connectivity index (χ0n) is 15.2. The molecule has 1 N–H and O–H groups in total. The minimum absolute atomic E-state index is 0.288. The molecule has 2 aromatic rings. The first-order chi connectivity index (χ1) is 13.1. The van der Waals surface area contributed by atoms with Gasteiger partial charge in [0.1, 0.15) is 12.4 Å². The number of ether oxygens (including phenoxy) is 1. The molecule has 1 fully saturated rings. The third kappa shape index (κ3) is 5.86. The van der Waals surface area contributed by atoms with E-state index in [1.165, 1.54) is 0 Å². The largest absolute Gasteiger partial charge is 0.489 e. The normalized spacial score (nSPS) is 14.0. The zero-order valence-corrected chi connectivity index (χ0v) is 16.7. The first-order valence-electron chi connectivity index (χ1n) is 9.26.